The van der Waals surface area contributed by atoms with Gasteiger partial charge >= 0.3 is 5.97 Å². The van der Waals surface area contributed by atoms with Gasteiger partial charge in [-0.25, -0.2) is 5.43 Å². The fourth-order valence-electron chi connectivity index (χ4n) is 2.69. The van der Waals surface area contributed by atoms with Gasteiger partial charge in [0.15, 0.2) is 0 Å². The van der Waals surface area contributed by atoms with E-state index in [1.165, 1.54) is 7.11 Å². The zero-order valence-electron chi connectivity index (χ0n) is 16.3. The number of carbonyl (C=O) groups excluding carboxylic acids is 2. The summed E-state index contributed by atoms with van der Waals surface area (Å²) >= 11 is 0. The van der Waals surface area contributed by atoms with E-state index >= 15 is 0 Å². The highest BCUT2D eigenvalue weighted by Crippen LogP contribution is 2.29. The average molecular weight is 369 g/mol. The molecule has 27 heavy (non-hydrogen) atoms. The van der Waals surface area contributed by atoms with Crippen LogP contribution in [0.15, 0.2) is 48.7 Å². The molecule has 0 saturated carbocycles. The molecule has 2 rings (SSSR count). The van der Waals surface area contributed by atoms with Crippen molar-refractivity contribution in [2.75, 3.05) is 7.11 Å². The summed E-state index contributed by atoms with van der Waals surface area (Å²) in [6.45, 7) is 6.26. The molecule has 1 amide bonds. The van der Waals surface area contributed by atoms with Crippen LogP contribution in [0.4, 0.5) is 0 Å². The van der Waals surface area contributed by atoms with Crippen LogP contribution in [0.3, 0.4) is 0 Å². The van der Waals surface area contributed by atoms with Crippen LogP contribution in [-0.2, 0) is 20.9 Å². The summed E-state index contributed by atoms with van der Waals surface area (Å²) in [5, 5.41) is 0. The first-order valence-corrected chi connectivity index (χ1v) is 8.91. The van der Waals surface area contributed by atoms with Gasteiger partial charge in [-0.1, -0.05) is 51.1 Å². The predicted octanol–water partition coefficient (Wildman–Crippen LogP) is 3.09. The molecule has 0 spiro atoms. The van der Waals surface area contributed by atoms with Crippen molar-refractivity contribution in [1.29, 1.82) is 0 Å². The number of benzene rings is 1. The van der Waals surface area contributed by atoms with Crippen LogP contribution in [0.5, 0.6) is 0 Å². The number of ether oxygens (including phenoxy) is 1. The number of hydrogen-bond acceptors (Lipinski definition) is 5. The van der Waals surface area contributed by atoms with Crippen molar-refractivity contribution >= 4 is 11.9 Å². The first kappa shape index (κ1) is 20.6. The van der Waals surface area contributed by atoms with E-state index in [9.17, 15) is 9.59 Å². The number of esters is 1. The van der Waals surface area contributed by atoms with E-state index in [-0.39, 0.29) is 17.7 Å². The fourth-order valence-corrected chi connectivity index (χ4v) is 2.69. The first-order chi connectivity index (χ1) is 12.8. The number of pyridine rings is 1. The van der Waals surface area contributed by atoms with E-state index in [2.05, 4.69) is 15.8 Å². The SMILES string of the molecule is COC(=O)C[C@@H](C(=O)NNCc1ccc(-c2ccccn2)cc1)C(C)(C)C. The Morgan fingerprint density at radius 1 is 1.11 bits per heavy atom. The highest BCUT2D eigenvalue weighted by Gasteiger charge is 2.33. The molecule has 6 heteroatoms. The third-order valence-corrected chi connectivity index (χ3v) is 4.38. The normalized spacial score (nSPS) is 12.3. The lowest BCUT2D eigenvalue weighted by Gasteiger charge is -2.28. The van der Waals surface area contributed by atoms with Gasteiger partial charge in [-0.3, -0.25) is 20.0 Å². The monoisotopic (exact) mass is 369 g/mol. The van der Waals surface area contributed by atoms with E-state index in [0.29, 0.717) is 6.54 Å². The maximum absolute atomic E-state index is 12.5. The molecule has 1 heterocycles. The standard InChI is InChI=1S/C21H27N3O3/c1-21(2,3)17(13-19(25)27-4)20(26)24-23-14-15-8-10-16(11-9-15)18-7-5-6-12-22-18/h5-12,17,23H,13-14H2,1-4H3,(H,24,26)/t17-/m0/s1. The van der Waals surface area contributed by atoms with Crippen LogP contribution in [0.1, 0.15) is 32.8 Å². The Labute approximate surface area is 160 Å². The number of hydrogen-bond donors (Lipinski definition) is 2. The van der Waals surface area contributed by atoms with Crippen molar-refractivity contribution < 1.29 is 14.3 Å². The summed E-state index contributed by atoms with van der Waals surface area (Å²) in [6, 6.07) is 13.8. The summed E-state index contributed by atoms with van der Waals surface area (Å²) in [4.78, 5) is 28.4. The molecule has 0 aliphatic heterocycles. The number of hydrazine groups is 1. The Bertz CT molecular complexity index is 752. The number of nitrogens with zero attached hydrogens (tertiary/aromatic N) is 1. The van der Waals surface area contributed by atoms with Crippen molar-refractivity contribution in [2.45, 2.75) is 33.7 Å². The second kappa shape index (κ2) is 9.28. The largest absolute Gasteiger partial charge is 0.469 e. The molecule has 0 aliphatic rings. The zero-order valence-corrected chi connectivity index (χ0v) is 16.3. The molecular weight excluding hydrogens is 342 g/mol. The number of aromatic nitrogens is 1. The number of amides is 1. The van der Waals surface area contributed by atoms with Crippen LogP contribution >= 0.6 is 0 Å². The molecule has 6 nitrogen and oxygen atoms in total. The fraction of sp³-hybridized carbons (Fsp3) is 0.381. The lowest BCUT2D eigenvalue weighted by atomic mass is 9.78. The smallest absolute Gasteiger partial charge is 0.306 e. The van der Waals surface area contributed by atoms with E-state index in [1.54, 1.807) is 6.20 Å². The molecule has 0 radical (unpaired) electrons. The second-order valence-corrected chi connectivity index (χ2v) is 7.45. The number of nitrogens with one attached hydrogen (secondary N) is 2. The first-order valence-electron chi connectivity index (χ1n) is 8.91. The predicted molar refractivity (Wildman–Crippen MR) is 104 cm³/mol. The van der Waals surface area contributed by atoms with Crippen molar-refractivity contribution in [2.24, 2.45) is 11.3 Å². The van der Waals surface area contributed by atoms with Gasteiger partial charge in [-0.15, -0.1) is 0 Å². The Balaban J connectivity index is 1.90. The van der Waals surface area contributed by atoms with Crippen molar-refractivity contribution in [3.8, 4) is 11.3 Å². The highest BCUT2D eigenvalue weighted by atomic mass is 16.5. The minimum atomic E-state index is -0.482. The zero-order chi connectivity index (χ0) is 19.9. The van der Waals surface area contributed by atoms with Gasteiger partial charge in [0.2, 0.25) is 5.91 Å². The molecule has 0 saturated heterocycles. The van der Waals surface area contributed by atoms with Gasteiger partial charge in [-0.05, 0) is 23.1 Å². The quantitative estimate of drug-likeness (QED) is 0.579. The van der Waals surface area contributed by atoms with Crippen LogP contribution in [0.25, 0.3) is 11.3 Å². The molecule has 2 aromatic rings. The number of methoxy groups -OCH3 is 1. The molecule has 0 unspecified atom stereocenters. The molecule has 0 bridgehead atoms. The molecule has 1 aromatic heterocycles. The molecule has 2 N–H and O–H groups in total. The highest BCUT2D eigenvalue weighted by molar-refractivity contribution is 5.84. The lowest BCUT2D eigenvalue weighted by molar-refractivity contribution is -0.146. The summed E-state index contributed by atoms with van der Waals surface area (Å²) in [7, 11) is 1.33. The summed E-state index contributed by atoms with van der Waals surface area (Å²) in [5.41, 5.74) is 8.26. The Kier molecular flexibility index (Phi) is 7.07. The van der Waals surface area contributed by atoms with Gasteiger partial charge in [-0.2, -0.15) is 0 Å². The molecule has 1 aromatic carbocycles. The van der Waals surface area contributed by atoms with Crippen LogP contribution in [0.2, 0.25) is 0 Å². The third kappa shape index (κ3) is 6.18. The molecule has 0 fully saturated rings. The van der Waals surface area contributed by atoms with Gasteiger partial charge in [0.1, 0.15) is 0 Å². The van der Waals surface area contributed by atoms with Crippen LogP contribution in [-0.4, -0.2) is 24.0 Å². The number of carbonyl (C=O) groups is 2. The summed E-state index contributed by atoms with van der Waals surface area (Å²) in [6.07, 6.45) is 1.81. The maximum Gasteiger partial charge on any atom is 0.306 e. The second-order valence-electron chi connectivity index (χ2n) is 7.45. The van der Waals surface area contributed by atoms with Gasteiger partial charge in [0.05, 0.1) is 25.1 Å². The Hall–Kier alpha value is -2.73. The summed E-state index contributed by atoms with van der Waals surface area (Å²) < 4.78 is 4.70. The van der Waals surface area contributed by atoms with Crippen molar-refractivity contribution in [3.63, 3.8) is 0 Å². The van der Waals surface area contributed by atoms with E-state index < -0.39 is 11.9 Å². The molecule has 1 atom stereocenters. The summed E-state index contributed by atoms with van der Waals surface area (Å²) in [5.74, 6) is -1.10. The minimum Gasteiger partial charge on any atom is -0.469 e. The minimum absolute atomic E-state index is 0.0479. The van der Waals surface area contributed by atoms with Gasteiger partial charge < -0.3 is 4.74 Å². The van der Waals surface area contributed by atoms with Gasteiger partial charge in [0, 0.05) is 18.3 Å². The molecule has 144 valence electrons. The Morgan fingerprint density at radius 3 is 2.37 bits per heavy atom. The van der Waals surface area contributed by atoms with Crippen LogP contribution in [0, 0.1) is 11.3 Å². The van der Waals surface area contributed by atoms with E-state index in [0.717, 1.165) is 16.8 Å². The van der Waals surface area contributed by atoms with Crippen LogP contribution < -0.4 is 10.9 Å². The van der Waals surface area contributed by atoms with Crippen molar-refractivity contribution in [1.82, 2.24) is 15.8 Å². The van der Waals surface area contributed by atoms with E-state index in [4.69, 9.17) is 4.74 Å². The Morgan fingerprint density at radius 2 is 1.81 bits per heavy atom. The lowest BCUT2D eigenvalue weighted by Crippen LogP contribution is -2.45. The maximum atomic E-state index is 12.5. The number of rotatable bonds is 7. The average Bonchev–Trinajstić information content (AvgIpc) is 2.66. The molecular formula is C21H27N3O3. The molecule has 0 aliphatic carbocycles. The topological polar surface area (TPSA) is 80.3 Å². The van der Waals surface area contributed by atoms with E-state index in [1.807, 2.05) is 63.2 Å². The third-order valence-electron chi connectivity index (χ3n) is 4.38. The van der Waals surface area contributed by atoms with Gasteiger partial charge in [0.25, 0.3) is 0 Å². The van der Waals surface area contributed by atoms with Crippen molar-refractivity contribution in [3.05, 3.63) is 54.2 Å².